The number of hydrogen-bond donors (Lipinski definition) is 2. The molecule has 3 unspecified atom stereocenters. The van der Waals surface area contributed by atoms with Crippen LogP contribution in [0.4, 0.5) is 0 Å². The molecule has 0 bridgehead atoms. The molecule has 3 atom stereocenters. The summed E-state index contributed by atoms with van der Waals surface area (Å²) in [6.45, 7) is 8.92. The second kappa shape index (κ2) is 6.60. The molecule has 2 N–H and O–H groups in total. The Morgan fingerprint density at radius 1 is 1.48 bits per heavy atom. The van der Waals surface area contributed by atoms with Gasteiger partial charge in [0.05, 0.1) is 5.69 Å². The second-order valence-corrected chi connectivity index (χ2v) is 6.48. The Morgan fingerprint density at radius 2 is 2.19 bits per heavy atom. The molecule has 1 saturated heterocycles. The van der Waals surface area contributed by atoms with Crippen LogP contribution < -0.4 is 0 Å². The number of aliphatic hydroxyl groups excluding tert-OH is 1. The summed E-state index contributed by atoms with van der Waals surface area (Å²) in [7, 11) is 0. The highest BCUT2D eigenvalue weighted by Crippen LogP contribution is 2.25. The Morgan fingerprint density at radius 3 is 2.76 bits per heavy atom. The zero-order valence-electron chi connectivity index (χ0n) is 13.5. The van der Waals surface area contributed by atoms with Gasteiger partial charge in [-0.3, -0.25) is 9.89 Å². The van der Waals surface area contributed by atoms with Crippen molar-refractivity contribution >= 4 is 5.91 Å². The van der Waals surface area contributed by atoms with Crippen molar-refractivity contribution in [2.45, 2.75) is 53.0 Å². The lowest BCUT2D eigenvalue weighted by atomic mass is 9.91. The standard InChI is InChI=1S/C16H27N3O2/c1-10(7-15-12(3)17-18-13(15)4)16(21)19-8-14(9-20)6-5-11(19)2/h10-11,14,20H,5-9H2,1-4H3,(H,17,18). The van der Waals surface area contributed by atoms with Crippen molar-refractivity contribution in [3.05, 3.63) is 17.0 Å². The van der Waals surface area contributed by atoms with Gasteiger partial charge in [-0.2, -0.15) is 5.10 Å². The van der Waals surface area contributed by atoms with E-state index in [-0.39, 0.29) is 30.4 Å². The fraction of sp³-hybridized carbons (Fsp3) is 0.750. The van der Waals surface area contributed by atoms with E-state index in [0.717, 1.165) is 36.2 Å². The minimum atomic E-state index is -0.0557. The molecule has 1 amide bonds. The van der Waals surface area contributed by atoms with Crippen molar-refractivity contribution in [1.82, 2.24) is 15.1 Å². The topological polar surface area (TPSA) is 69.2 Å². The maximum Gasteiger partial charge on any atom is 0.225 e. The number of carbonyl (C=O) groups is 1. The molecule has 2 rings (SSSR count). The van der Waals surface area contributed by atoms with Crippen molar-refractivity contribution in [2.24, 2.45) is 11.8 Å². The number of H-pyrrole nitrogens is 1. The van der Waals surface area contributed by atoms with Gasteiger partial charge in [0.15, 0.2) is 0 Å². The molecule has 0 aliphatic carbocycles. The van der Waals surface area contributed by atoms with Gasteiger partial charge in [-0.1, -0.05) is 6.92 Å². The zero-order valence-corrected chi connectivity index (χ0v) is 13.5. The van der Waals surface area contributed by atoms with Crippen LogP contribution in [-0.2, 0) is 11.2 Å². The predicted octanol–water partition coefficient (Wildman–Crippen LogP) is 1.82. The minimum absolute atomic E-state index is 0.0557. The van der Waals surface area contributed by atoms with Crippen LogP contribution in [0.15, 0.2) is 0 Å². The normalized spacial score (nSPS) is 24.1. The molecule has 5 heteroatoms. The summed E-state index contributed by atoms with van der Waals surface area (Å²) in [5.74, 6) is 0.371. The third-order valence-corrected chi connectivity index (χ3v) is 4.73. The summed E-state index contributed by atoms with van der Waals surface area (Å²) in [4.78, 5) is 14.7. The number of nitrogens with one attached hydrogen (secondary N) is 1. The van der Waals surface area contributed by atoms with Gasteiger partial charge in [0.25, 0.3) is 0 Å². The third kappa shape index (κ3) is 3.46. The number of nitrogens with zero attached hydrogens (tertiary/aromatic N) is 2. The number of hydrogen-bond acceptors (Lipinski definition) is 3. The molecule has 1 aromatic rings. The lowest BCUT2D eigenvalue weighted by Crippen LogP contribution is -2.48. The zero-order chi connectivity index (χ0) is 15.6. The van der Waals surface area contributed by atoms with Crippen molar-refractivity contribution in [3.63, 3.8) is 0 Å². The summed E-state index contributed by atoms with van der Waals surface area (Å²) in [6.07, 6.45) is 2.71. The number of carbonyl (C=O) groups excluding carboxylic acids is 1. The van der Waals surface area contributed by atoms with E-state index in [9.17, 15) is 9.90 Å². The maximum absolute atomic E-state index is 12.7. The third-order valence-electron chi connectivity index (χ3n) is 4.73. The van der Waals surface area contributed by atoms with Crippen molar-refractivity contribution < 1.29 is 9.90 Å². The molecular formula is C16H27N3O2. The first-order valence-electron chi connectivity index (χ1n) is 7.85. The van der Waals surface area contributed by atoms with E-state index < -0.39 is 0 Å². The Labute approximate surface area is 126 Å². The second-order valence-electron chi connectivity index (χ2n) is 6.48. The van der Waals surface area contributed by atoms with Crippen LogP contribution in [-0.4, -0.2) is 45.3 Å². The summed E-state index contributed by atoms with van der Waals surface area (Å²) in [6, 6.07) is 0.272. The summed E-state index contributed by atoms with van der Waals surface area (Å²) in [5.41, 5.74) is 3.18. The first kappa shape index (κ1) is 16.0. The molecule has 1 aliphatic rings. The average Bonchev–Trinajstić information content (AvgIpc) is 2.79. The van der Waals surface area contributed by atoms with Crippen molar-refractivity contribution in [2.75, 3.05) is 13.2 Å². The number of piperidine rings is 1. The fourth-order valence-electron chi connectivity index (χ4n) is 3.19. The summed E-state index contributed by atoms with van der Waals surface area (Å²) in [5, 5.41) is 16.5. The Hall–Kier alpha value is -1.36. The molecule has 1 aliphatic heterocycles. The first-order chi connectivity index (χ1) is 9.93. The molecule has 118 valence electrons. The van der Waals surface area contributed by atoms with Gasteiger partial charge < -0.3 is 10.0 Å². The molecule has 1 aromatic heterocycles. The molecular weight excluding hydrogens is 266 g/mol. The SMILES string of the molecule is Cc1n[nH]c(C)c1CC(C)C(=O)N1CC(CO)CCC1C. The van der Waals surface area contributed by atoms with Crippen LogP contribution >= 0.6 is 0 Å². The number of amides is 1. The largest absolute Gasteiger partial charge is 0.396 e. The molecule has 0 aromatic carbocycles. The van der Waals surface area contributed by atoms with Crippen LogP contribution in [0, 0.1) is 25.7 Å². The Balaban J connectivity index is 2.04. The van der Waals surface area contributed by atoms with Gasteiger partial charge in [0.1, 0.15) is 0 Å². The van der Waals surface area contributed by atoms with Crippen molar-refractivity contribution in [1.29, 1.82) is 0 Å². The van der Waals surface area contributed by atoms with E-state index >= 15 is 0 Å². The maximum atomic E-state index is 12.7. The highest BCUT2D eigenvalue weighted by Gasteiger charge is 2.31. The van der Waals surface area contributed by atoms with E-state index in [1.165, 1.54) is 0 Å². The first-order valence-corrected chi connectivity index (χ1v) is 7.85. The van der Waals surface area contributed by atoms with Gasteiger partial charge in [-0.25, -0.2) is 0 Å². The number of aryl methyl sites for hydroxylation is 2. The quantitative estimate of drug-likeness (QED) is 0.890. The predicted molar refractivity (Wildman–Crippen MR) is 81.9 cm³/mol. The van der Waals surface area contributed by atoms with Gasteiger partial charge in [0, 0.05) is 30.8 Å². The van der Waals surface area contributed by atoms with Gasteiger partial charge in [-0.15, -0.1) is 0 Å². The molecule has 5 nitrogen and oxygen atoms in total. The molecule has 0 radical (unpaired) electrons. The number of aliphatic hydroxyl groups is 1. The fourth-order valence-corrected chi connectivity index (χ4v) is 3.19. The van der Waals surface area contributed by atoms with E-state index in [4.69, 9.17) is 0 Å². The van der Waals surface area contributed by atoms with Crippen LogP contribution in [0.1, 0.15) is 43.6 Å². The smallest absolute Gasteiger partial charge is 0.225 e. The lowest BCUT2D eigenvalue weighted by Gasteiger charge is -2.39. The monoisotopic (exact) mass is 293 g/mol. The summed E-state index contributed by atoms with van der Waals surface area (Å²) >= 11 is 0. The minimum Gasteiger partial charge on any atom is -0.396 e. The van der Waals surface area contributed by atoms with Gasteiger partial charge in [0.2, 0.25) is 5.91 Å². The summed E-state index contributed by atoms with van der Waals surface area (Å²) < 4.78 is 0. The highest BCUT2D eigenvalue weighted by molar-refractivity contribution is 5.79. The van der Waals surface area contributed by atoms with Gasteiger partial charge in [-0.05, 0) is 51.5 Å². The number of rotatable bonds is 4. The van der Waals surface area contributed by atoms with E-state index in [1.807, 2.05) is 25.7 Å². The Bertz CT molecular complexity index is 478. The molecule has 2 heterocycles. The number of likely N-dealkylation sites (tertiary alicyclic amines) is 1. The van der Waals surface area contributed by atoms with E-state index in [2.05, 4.69) is 17.1 Å². The molecule has 21 heavy (non-hydrogen) atoms. The number of aromatic nitrogens is 2. The van der Waals surface area contributed by atoms with Crippen LogP contribution in [0.5, 0.6) is 0 Å². The number of aromatic amines is 1. The van der Waals surface area contributed by atoms with Crippen LogP contribution in [0.2, 0.25) is 0 Å². The van der Waals surface area contributed by atoms with E-state index in [1.54, 1.807) is 0 Å². The van der Waals surface area contributed by atoms with Gasteiger partial charge >= 0.3 is 0 Å². The van der Waals surface area contributed by atoms with E-state index in [0.29, 0.717) is 6.54 Å². The molecule has 0 spiro atoms. The molecule has 0 saturated carbocycles. The Kier molecular flexibility index (Phi) is 5.04. The molecule has 1 fully saturated rings. The lowest BCUT2D eigenvalue weighted by molar-refractivity contribution is -0.139. The van der Waals surface area contributed by atoms with Crippen molar-refractivity contribution in [3.8, 4) is 0 Å². The van der Waals surface area contributed by atoms with Crippen LogP contribution in [0.3, 0.4) is 0 Å². The average molecular weight is 293 g/mol. The van der Waals surface area contributed by atoms with Crippen LogP contribution in [0.25, 0.3) is 0 Å². The highest BCUT2D eigenvalue weighted by atomic mass is 16.3.